The van der Waals surface area contributed by atoms with Crippen LogP contribution in [0.5, 0.6) is 0 Å². The number of hydrogen-bond donors (Lipinski definition) is 0. The van der Waals surface area contributed by atoms with Crippen molar-refractivity contribution in [2.24, 2.45) is 0 Å². The van der Waals surface area contributed by atoms with E-state index in [-0.39, 0.29) is 0 Å². The number of anilines is 1. The molecule has 0 atom stereocenters. The number of rotatable bonds is 3. The first-order valence-electron chi connectivity index (χ1n) is 8.89. The molecule has 0 N–H and O–H groups in total. The molecule has 0 unspecified atom stereocenters. The van der Waals surface area contributed by atoms with Gasteiger partial charge >= 0.3 is 0 Å². The zero-order valence-corrected chi connectivity index (χ0v) is 15.9. The minimum Gasteiger partial charge on any atom is -0.355 e. The van der Waals surface area contributed by atoms with Gasteiger partial charge in [0.2, 0.25) is 10.0 Å². The summed E-state index contributed by atoms with van der Waals surface area (Å²) in [7, 11) is -3.18. The van der Waals surface area contributed by atoms with E-state index in [1.807, 2.05) is 36.4 Å². The Morgan fingerprint density at radius 2 is 1.70 bits per heavy atom. The van der Waals surface area contributed by atoms with Crippen LogP contribution in [0.4, 0.5) is 5.82 Å². The van der Waals surface area contributed by atoms with Gasteiger partial charge in [-0.05, 0) is 30.7 Å². The molecule has 4 rings (SSSR count). The highest BCUT2D eigenvalue weighted by Crippen LogP contribution is 2.28. The van der Waals surface area contributed by atoms with Gasteiger partial charge < -0.3 is 4.90 Å². The zero-order valence-electron chi connectivity index (χ0n) is 15.1. The second-order valence-electron chi connectivity index (χ2n) is 6.63. The molecular weight excluding hydrogens is 362 g/mol. The van der Waals surface area contributed by atoms with Gasteiger partial charge in [0, 0.05) is 49.5 Å². The maximum atomic E-state index is 11.9. The molecule has 8 heteroatoms. The fraction of sp³-hybridized carbons (Fsp3) is 0.316. The van der Waals surface area contributed by atoms with Crippen molar-refractivity contribution in [2.45, 2.75) is 6.42 Å². The molecule has 0 radical (unpaired) electrons. The van der Waals surface area contributed by atoms with Gasteiger partial charge in [0.15, 0.2) is 5.82 Å². The van der Waals surface area contributed by atoms with E-state index >= 15 is 0 Å². The molecule has 0 bridgehead atoms. The maximum absolute atomic E-state index is 11.9. The number of fused-ring (bicyclic) bond motifs is 1. The van der Waals surface area contributed by atoms with Gasteiger partial charge in [0.05, 0.1) is 11.8 Å². The van der Waals surface area contributed by atoms with E-state index in [1.165, 1.54) is 6.26 Å². The molecule has 140 valence electrons. The Labute approximate surface area is 158 Å². The summed E-state index contributed by atoms with van der Waals surface area (Å²) >= 11 is 0. The van der Waals surface area contributed by atoms with Crippen molar-refractivity contribution >= 4 is 26.7 Å². The van der Waals surface area contributed by atoms with Gasteiger partial charge in [-0.1, -0.05) is 12.1 Å². The van der Waals surface area contributed by atoms with Crippen LogP contribution < -0.4 is 4.90 Å². The summed E-state index contributed by atoms with van der Waals surface area (Å²) in [6.45, 7) is 2.35. The lowest BCUT2D eigenvalue weighted by molar-refractivity contribution is 0.437. The highest BCUT2D eigenvalue weighted by atomic mass is 32.2. The van der Waals surface area contributed by atoms with Crippen molar-refractivity contribution in [1.82, 2.24) is 19.3 Å². The van der Waals surface area contributed by atoms with Gasteiger partial charge in [-0.15, -0.1) is 0 Å². The van der Waals surface area contributed by atoms with Crippen LogP contribution in [-0.4, -0.2) is 60.1 Å². The smallest absolute Gasteiger partial charge is 0.211 e. The largest absolute Gasteiger partial charge is 0.355 e. The van der Waals surface area contributed by atoms with Gasteiger partial charge in [-0.3, -0.25) is 4.98 Å². The highest BCUT2D eigenvalue weighted by molar-refractivity contribution is 7.88. The van der Waals surface area contributed by atoms with Crippen LogP contribution in [0.3, 0.4) is 0 Å². The van der Waals surface area contributed by atoms with Crippen molar-refractivity contribution in [2.75, 3.05) is 37.3 Å². The summed E-state index contributed by atoms with van der Waals surface area (Å²) in [5, 5.41) is 0.975. The minimum absolute atomic E-state index is 0.460. The number of pyridine rings is 1. The third kappa shape index (κ3) is 3.77. The molecule has 27 heavy (non-hydrogen) atoms. The van der Waals surface area contributed by atoms with Crippen molar-refractivity contribution in [3.05, 3.63) is 48.8 Å². The lowest BCUT2D eigenvalue weighted by Gasteiger charge is -2.24. The first-order chi connectivity index (χ1) is 13.0. The van der Waals surface area contributed by atoms with Crippen LogP contribution >= 0.6 is 0 Å². The number of sulfonamides is 1. The molecule has 0 saturated carbocycles. The topological polar surface area (TPSA) is 79.3 Å². The highest BCUT2D eigenvalue weighted by Gasteiger charge is 2.23. The average Bonchev–Trinajstić information content (AvgIpc) is 2.94. The molecule has 0 spiro atoms. The summed E-state index contributed by atoms with van der Waals surface area (Å²) in [5.41, 5.74) is 1.78. The lowest BCUT2D eigenvalue weighted by Crippen LogP contribution is -2.34. The van der Waals surface area contributed by atoms with Crippen LogP contribution in [-0.2, 0) is 10.0 Å². The van der Waals surface area contributed by atoms with Gasteiger partial charge in [-0.2, -0.15) is 0 Å². The Morgan fingerprint density at radius 1 is 0.926 bits per heavy atom. The van der Waals surface area contributed by atoms with E-state index in [0.29, 0.717) is 25.5 Å². The number of aromatic nitrogens is 3. The van der Waals surface area contributed by atoms with Gasteiger partial charge in [0.25, 0.3) is 0 Å². The monoisotopic (exact) mass is 383 g/mol. The van der Waals surface area contributed by atoms with Crippen LogP contribution in [0, 0.1) is 0 Å². The molecule has 1 saturated heterocycles. The number of hydrogen-bond acceptors (Lipinski definition) is 6. The van der Waals surface area contributed by atoms with Crippen LogP contribution in [0.25, 0.3) is 22.3 Å². The van der Waals surface area contributed by atoms with Crippen LogP contribution in [0.2, 0.25) is 0 Å². The molecule has 0 aliphatic carbocycles. The van der Waals surface area contributed by atoms with Crippen molar-refractivity contribution in [1.29, 1.82) is 0 Å². The van der Waals surface area contributed by atoms with Crippen molar-refractivity contribution in [3.8, 4) is 11.4 Å². The first kappa shape index (κ1) is 17.8. The predicted molar refractivity (Wildman–Crippen MR) is 106 cm³/mol. The number of nitrogens with zero attached hydrogens (tertiary/aromatic N) is 5. The molecule has 3 heterocycles. The van der Waals surface area contributed by atoms with Crippen LogP contribution in [0.15, 0.2) is 48.8 Å². The summed E-state index contributed by atoms with van der Waals surface area (Å²) in [4.78, 5) is 15.8. The SMILES string of the molecule is CS(=O)(=O)N1CCCN(c2nc(-c3ccncc3)nc3ccccc23)CC1. The standard InChI is InChI=1S/C19H21N5O2S/c1-27(25,26)24-12-4-11-23(13-14-24)19-16-5-2-3-6-17(16)21-18(22-19)15-7-9-20-10-8-15/h2-3,5-10H,4,11-14H2,1H3. The van der Waals surface area contributed by atoms with Gasteiger partial charge in [0.1, 0.15) is 5.82 Å². The lowest BCUT2D eigenvalue weighted by atomic mass is 10.2. The summed E-state index contributed by atoms with van der Waals surface area (Å²) in [6, 6.07) is 11.7. The fourth-order valence-corrected chi connectivity index (χ4v) is 4.24. The molecule has 3 aromatic rings. The first-order valence-corrected chi connectivity index (χ1v) is 10.7. The van der Waals surface area contributed by atoms with Gasteiger partial charge in [-0.25, -0.2) is 22.7 Å². The van der Waals surface area contributed by atoms with E-state index in [1.54, 1.807) is 16.7 Å². The molecule has 1 aliphatic heterocycles. The molecular formula is C19H21N5O2S. The maximum Gasteiger partial charge on any atom is 0.211 e. The number of para-hydroxylation sites is 1. The van der Waals surface area contributed by atoms with E-state index in [0.717, 1.165) is 35.2 Å². The van der Waals surface area contributed by atoms with Crippen LogP contribution in [0.1, 0.15) is 6.42 Å². The number of benzene rings is 1. The second-order valence-corrected chi connectivity index (χ2v) is 8.61. The Hall–Kier alpha value is -2.58. The Balaban J connectivity index is 1.76. The zero-order chi connectivity index (χ0) is 18.9. The van der Waals surface area contributed by atoms with E-state index in [9.17, 15) is 8.42 Å². The minimum atomic E-state index is -3.18. The van der Waals surface area contributed by atoms with Crippen molar-refractivity contribution in [3.63, 3.8) is 0 Å². The molecule has 1 aliphatic rings. The molecule has 0 amide bonds. The average molecular weight is 383 g/mol. The normalized spacial score (nSPS) is 16.4. The molecule has 1 fully saturated rings. The Kier molecular flexibility index (Phi) is 4.75. The Bertz CT molecular complexity index is 1060. The Morgan fingerprint density at radius 3 is 2.48 bits per heavy atom. The molecule has 1 aromatic carbocycles. The van der Waals surface area contributed by atoms with E-state index in [4.69, 9.17) is 9.97 Å². The van der Waals surface area contributed by atoms with Crippen molar-refractivity contribution < 1.29 is 8.42 Å². The molecule has 2 aromatic heterocycles. The third-order valence-electron chi connectivity index (χ3n) is 4.75. The summed E-state index contributed by atoms with van der Waals surface area (Å²) in [5.74, 6) is 1.50. The summed E-state index contributed by atoms with van der Waals surface area (Å²) < 4.78 is 25.4. The van der Waals surface area contributed by atoms with E-state index < -0.39 is 10.0 Å². The summed E-state index contributed by atoms with van der Waals surface area (Å²) in [6.07, 6.45) is 5.48. The quantitative estimate of drug-likeness (QED) is 0.690. The predicted octanol–water partition coefficient (Wildman–Crippen LogP) is 2.16. The second kappa shape index (κ2) is 7.21. The fourth-order valence-electron chi connectivity index (χ4n) is 3.37. The third-order valence-corrected chi connectivity index (χ3v) is 6.05. The van der Waals surface area contributed by atoms with E-state index in [2.05, 4.69) is 9.88 Å². The molecule has 7 nitrogen and oxygen atoms in total.